The molecule has 1 aliphatic heterocycles. The number of carbonyl (C=O) groups excluding carboxylic acids is 1. The first-order valence-corrected chi connectivity index (χ1v) is 10.7. The first-order chi connectivity index (χ1) is 14.5. The van der Waals surface area contributed by atoms with Crippen LogP contribution in [0.1, 0.15) is 27.7 Å². The maximum absolute atomic E-state index is 12.8. The fourth-order valence-corrected chi connectivity index (χ4v) is 3.99. The summed E-state index contributed by atoms with van der Waals surface area (Å²) in [5, 5.41) is 3.40. The number of ether oxygens (including phenoxy) is 1. The first-order valence-electron chi connectivity index (χ1n) is 9.91. The monoisotopic (exact) mass is 470 g/mol. The van der Waals surface area contributed by atoms with Gasteiger partial charge in [0.1, 0.15) is 5.58 Å². The molecule has 0 aliphatic carbocycles. The second kappa shape index (κ2) is 9.12. The van der Waals surface area contributed by atoms with Crippen LogP contribution in [0.25, 0.3) is 11.0 Å². The zero-order chi connectivity index (χ0) is 21.1. The first kappa shape index (κ1) is 20.8. The van der Waals surface area contributed by atoms with Crippen molar-refractivity contribution in [1.29, 1.82) is 0 Å². The summed E-state index contributed by atoms with van der Waals surface area (Å²) in [5.74, 6) is -0.394. The molecule has 1 fully saturated rings. The molecule has 1 aromatic heterocycles. The third-order valence-corrected chi connectivity index (χ3v) is 5.81. The molecule has 2 heterocycles. The van der Waals surface area contributed by atoms with E-state index in [2.05, 4.69) is 57.3 Å². The van der Waals surface area contributed by atoms with Gasteiger partial charge >= 0.3 is 0 Å². The number of hydrogen-bond acceptors (Lipinski definition) is 5. The minimum atomic E-state index is -0.403. The molecule has 0 bridgehead atoms. The molecular formula is C23H23BrN2O4. The zero-order valence-corrected chi connectivity index (χ0v) is 18.3. The number of aryl methyl sites for hydroxylation is 1. The molecule has 0 radical (unpaired) electrons. The third kappa shape index (κ3) is 4.64. The zero-order valence-electron chi connectivity index (χ0n) is 16.7. The molecule has 1 saturated heterocycles. The van der Waals surface area contributed by atoms with Gasteiger partial charge in [-0.05, 0) is 30.7 Å². The molecule has 6 nitrogen and oxygen atoms in total. The minimum absolute atomic E-state index is 0.00948. The van der Waals surface area contributed by atoms with Gasteiger partial charge in [0.25, 0.3) is 5.91 Å². The van der Waals surface area contributed by atoms with Crippen molar-refractivity contribution in [3.63, 3.8) is 0 Å². The van der Waals surface area contributed by atoms with E-state index in [0.717, 1.165) is 23.1 Å². The number of fused-ring (bicyclic) bond motifs is 1. The molecule has 0 spiro atoms. The van der Waals surface area contributed by atoms with E-state index in [-0.39, 0.29) is 17.2 Å². The standard InChI is InChI=1S/C23H23BrN2O4/c1-15-2-4-16(5-3-15)19(26-8-10-29-11-9-26)14-25-23(28)22-13-20(27)18-7-6-17(24)12-21(18)30-22/h2-7,12-13,19H,8-11,14H2,1H3,(H,25,28)/t19-/m0/s1. The Hall–Kier alpha value is -2.48. The lowest BCUT2D eigenvalue weighted by Gasteiger charge is -2.35. The van der Waals surface area contributed by atoms with Crippen molar-refractivity contribution in [2.75, 3.05) is 32.8 Å². The van der Waals surface area contributed by atoms with E-state index in [0.29, 0.717) is 30.7 Å². The van der Waals surface area contributed by atoms with Gasteiger partial charge in [-0.15, -0.1) is 0 Å². The third-order valence-electron chi connectivity index (χ3n) is 5.32. The molecule has 1 aliphatic rings. The van der Waals surface area contributed by atoms with Crippen LogP contribution < -0.4 is 10.7 Å². The Balaban J connectivity index is 1.55. The van der Waals surface area contributed by atoms with Crippen LogP contribution in [0.2, 0.25) is 0 Å². The normalized spacial score (nSPS) is 15.8. The smallest absolute Gasteiger partial charge is 0.287 e. The Kier molecular flexibility index (Phi) is 6.32. The van der Waals surface area contributed by atoms with Crippen LogP contribution in [-0.4, -0.2) is 43.7 Å². The Morgan fingerprint density at radius 3 is 2.60 bits per heavy atom. The minimum Gasteiger partial charge on any atom is -0.451 e. The molecule has 1 atom stereocenters. The van der Waals surface area contributed by atoms with Crippen molar-refractivity contribution in [2.45, 2.75) is 13.0 Å². The molecule has 7 heteroatoms. The topological polar surface area (TPSA) is 71.8 Å². The SMILES string of the molecule is Cc1ccc([C@H](CNC(=O)c2cc(=O)c3ccc(Br)cc3o2)N2CCOCC2)cc1. The highest BCUT2D eigenvalue weighted by Gasteiger charge is 2.24. The number of carbonyl (C=O) groups is 1. The summed E-state index contributed by atoms with van der Waals surface area (Å²) in [6, 6.07) is 14.7. The van der Waals surface area contributed by atoms with Crippen LogP contribution in [0.3, 0.4) is 0 Å². The molecular weight excluding hydrogens is 448 g/mol. The van der Waals surface area contributed by atoms with Gasteiger partial charge in [0.2, 0.25) is 0 Å². The molecule has 156 valence electrons. The predicted octanol–water partition coefficient (Wildman–Crippen LogP) is 3.67. The van der Waals surface area contributed by atoms with Crippen molar-refractivity contribution in [3.8, 4) is 0 Å². The number of rotatable bonds is 5. The average Bonchev–Trinajstić information content (AvgIpc) is 2.75. The van der Waals surface area contributed by atoms with Gasteiger partial charge < -0.3 is 14.5 Å². The van der Waals surface area contributed by atoms with E-state index in [1.54, 1.807) is 18.2 Å². The van der Waals surface area contributed by atoms with Crippen LogP contribution in [-0.2, 0) is 4.74 Å². The second-order valence-corrected chi connectivity index (χ2v) is 8.32. The Bertz CT molecular complexity index is 1100. The maximum Gasteiger partial charge on any atom is 0.287 e. The average molecular weight is 471 g/mol. The summed E-state index contributed by atoms with van der Waals surface area (Å²) in [5.41, 5.74) is 2.46. The highest BCUT2D eigenvalue weighted by Crippen LogP contribution is 2.22. The predicted molar refractivity (Wildman–Crippen MR) is 119 cm³/mol. The molecule has 3 aromatic rings. The van der Waals surface area contributed by atoms with Crippen LogP contribution in [0.5, 0.6) is 0 Å². The Labute approximate surface area is 183 Å². The number of halogens is 1. The van der Waals surface area contributed by atoms with E-state index in [1.165, 1.54) is 11.6 Å². The highest BCUT2D eigenvalue weighted by molar-refractivity contribution is 9.10. The number of morpholine rings is 1. The Morgan fingerprint density at radius 2 is 1.87 bits per heavy atom. The lowest BCUT2D eigenvalue weighted by atomic mass is 10.0. The summed E-state index contributed by atoms with van der Waals surface area (Å²) < 4.78 is 12.0. The van der Waals surface area contributed by atoms with Crippen molar-refractivity contribution in [1.82, 2.24) is 10.2 Å². The Morgan fingerprint density at radius 1 is 1.13 bits per heavy atom. The van der Waals surface area contributed by atoms with Crippen molar-refractivity contribution in [3.05, 3.63) is 80.1 Å². The summed E-state index contributed by atoms with van der Waals surface area (Å²) >= 11 is 3.37. The quantitative estimate of drug-likeness (QED) is 0.615. The molecule has 4 rings (SSSR count). The molecule has 0 unspecified atom stereocenters. The van der Waals surface area contributed by atoms with Crippen molar-refractivity contribution >= 4 is 32.8 Å². The second-order valence-electron chi connectivity index (χ2n) is 7.40. The van der Waals surface area contributed by atoms with Crippen LogP contribution in [0.15, 0.2) is 62.2 Å². The molecule has 2 aromatic carbocycles. The molecule has 1 amide bonds. The van der Waals surface area contributed by atoms with Gasteiger partial charge in [0.15, 0.2) is 11.2 Å². The number of nitrogens with zero attached hydrogens (tertiary/aromatic N) is 1. The van der Waals surface area contributed by atoms with Crippen LogP contribution in [0, 0.1) is 6.92 Å². The van der Waals surface area contributed by atoms with E-state index in [1.807, 2.05) is 0 Å². The number of hydrogen-bond donors (Lipinski definition) is 1. The largest absolute Gasteiger partial charge is 0.451 e. The van der Waals surface area contributed by atoms with Crippen LogP contribution in [0.4, 0.5) is 0 Å². The number of benzene rings is 2. The summed E-state index contributed by atoms with van der Waals surface area (Å²) in [7, 11) is 0. The van der Waals surface area contributed by atoms with E-state index in [9.17, 15) is 9.59 Å². The highest BCUT2D eigenvalue weighted by atomic mass is 79.9. The molecule has 1 N–H and O–H groups in total. The van der Waals surface area contributed by atoms with Gasteiger partial charge in [-0.1, -0.05) is 45.8 Å². The fraction of sp³-hybridized carbons (Fsp3) is 0.304. The summed E-state index contributed by atoms with van der Waals surface area (Å²) in [4.78, 5) is 27.5. The lowest BCUT2D eigenvalue weighted by molar-refractivity contribution is 0.0161. The maximum atomic E-state index is 12.8. The van der Waals surface area contributed by atoms with Gasteiger partial charge in [-0.25, -0.2) is 0 Å². The number of amides is 1. The van der Waals surface area contributed by atoms with Crippen molar-refractivity contribution in [2.24, 2.45) is 0 Å². The van der Waals surface area contributed by atoms with E-state index >= 15 is 0 Å². The van der Waals surface area contributed by atoms with E-state index < -0.39 is 5.91 Å². The number of nitrogens with one attached hydrogen (secondary N) is 1. The molecule has 0 saturated carbocycles. The van der Waals surface area contributed by atoms with E-state index in [4.69, 9.17) is 9.15 Å². The lowest BCUT2D eigenvalue weighted by Crippen LogP contribution is -2.43. The van der Waals surface area contributed by atoms with Crippen LogP contribution >= 0.6 is 15.9 Å². The van der Waals surface area contributed by atoms with Gasteiger partial charge in [-0.3, -0.25) is 14.5 Å². The van der Waals surface area contributed by atoms with Gasteiger partial charge in [0.05, 0.1) is 24.6 Å². The molecule has 30 heavy (non-hydrogen) atoms. The van der Waals surface area contributed by atoms with Crippen molar-refractivity contribution < 1.29 is 13.9 Å². The van der Waals surface area contributed by atoms with Gasteiger partial charge in [0, 0.05) is 30.2 Å². The summed E-state index contributed by atoms with van der Waals surface area (Å²) in [6.07, 6.45) is 0. The summed E-state index contributed by atoms with van der Waals surface area (Å²) in [6.45, 7) is 5.40. The van der Waals surface area contributed by atoms with Gasteiger partial charge in [-0.2, -0.15) is 0 Å². The fourth-order valence-electron chi connectivity index (χ4n) is 3.65.